The van der Waals surface area contributed by atoms with Crippen LogP contribution in [0.4, 0.5) is 5.69 Å². The largest absolute Gasteiger partial charge is 0.495 e. The molecule has 2 N–H and O–H groups in total. The molecule has 16 heavy (non-hydrogen) atoms. The van der Waals surface area contributed by atoms with E-state index in [4.69, 9.17) is 4.74 Å². The van der Waals surface area contributed by atoms with E-state index in [-0.39, 0.29) is 0 Å². The van der Waals surface area contributed by atoms with Gasteiger partial charge < -0.3 is 15.2 Å². The first-order chi connectivity index (χ1) is 7.60. The monoisotopic (exact) mass is 224 g/mol. The fourth-order valence-corrected chi connectivity index (χ4v) is 1.35. The average Bonchev–Trinajstić information content (AvgIpc) is 2.29. The normalized spacial score (nSPS) is 12.3. The third-order valence-electron chi connectivity index (χ3n) is 2.23. The molecule has 0 spiro atoms. The van der Waals surface area contributed by atoms with Gasteiger partial charge in [-0.3, -0.25) is 9.69 Å². The fourth-order valence-electron chi connectivity index (χ4n) is 1.35. The lowest BCUT2D eigenvalue weighted by Gasteiger charge is -2.19. The van der Waals surface area contributed by atoms with E-state index in [1.807, 2.05) is 0 Å². The average molecular weight is 224 g/mol. The lowest BCUT2D eigenvalue weighted by molar-refractivity contribution is -0.105. The molecule has 0 aromatic heterocycles. The highest BCUT2D eigenvalue weighted by molar-refractivity contribution is 5.75. The number of amides is 1. The van der Waals surface area contributed by atoms with Crippen LogP contribution in [0.3, 0.4) is 0 Å². The van der Waals surface area contributed by atoms with Gasteiger partial charge in [-0.25, -0.2) is 0 Å². The van der Waals surface area contributed by atoms with E-state index in [0.717, 1.165) is 0 Å². The van der Waals surface area contributed by atoms with Crippen LogP contribution >= 0.6 is 0 Å². The third kappa shape index (κ3) is 2.71. The zero-order chi connectivity index (χ0) is 12.1. The van der Waals surface area contributed by atoms with Crippen molar-refractivity contribution in [3.05, 3.63) is 23.8 Å². The van der Waals surface area contributed by atoms with Gasteiger partial charge in [0.1, 0.15) is 12.0 Å². The minimum Gasteiger partial charge on any atom is -0.495 e. The van der Waals surface area contributed by atoms with Crippen molar-refractivity contribution in [3.63, 3.8) is 0 Å². The van der Waals surface area contributed by atoms with E-state index in [1.54, 1.807) is 37.2 Å². The van der Waals surface area contributed by atoms with Gasteiger partial charge >= 0.3 is 0 Å². The molecule has 0 saturated carbocycles. The van der Waals surface area contributed by atoms with Crippen molar-refractivity contribution >= 4 is 12.1 Å². The van der Waals surface area contributed by atoms with Gasteiger partial charge in [0.2, 0.25) is 6.41 Å². The van der Waals surface area contributed by atoms with Gasteiger partial charge in [-0.1, -0.05) is 6.07 Å². The van der Waals surface area contributed by atoms with Gasteiger partial charge in [0.15, 0.2) is 0 Å². The molecule has 0 aliphatic carbocycles. The fraction of sp³-hybridized carbons (Fsp3) is 0.364. The molecular weight excluding hydrogens is 208 g/mol. The van der Waals surface area contributed by atoms with Gasteiger partial charge in [0, 0.05) is 0 Å². The van der Waals surface area contributed by atoms with E-state index in [2.05, 4.69) is 5.32 Å². The first kappa shape index (κ1) is 12.5. The molecule has 1 unspecified atom stereocenters. The Morgan fingerprint density at radius 1 is 1.50 bits per heavy atom. The lowest BCUT2D eigenvalue weighted by atomic mass is 10.1. The van der Waals surface area contributed by atoms with Gasteiger partial charge in [-0.15, -0.1) is 0 Å². The number of nitrogens with one attached hydrogen (secondary N) is 1. The second-order valence-corrected chi connectivity index (χ2v) is 3.56. The van der Waals surface area contributed by atoms with E-state index < -0.39 is 6.23 Å². The third-order valence-corrected chi connectivity index (χ3v) is 2.23. The van der Waals surface area contributed by atoms with Crippen LogP contribution in [0.1, 0.15) is 11.8 Å². The van der Waals surface area contributed by atoms with E-state index in [0.29, 0.717) is 23.4 Å². The molecule has 1 rings (SSSR count). The van der Waals surface area contributed by atoms with Crippen molar-refractivity contribution in [1.82, 2.24) is 4.90 Å². The van der Waals surface area contributed by atoms with Crippen molar-refractivity contribution in [3.8, 4) is 5.75 Å². The number of hydrogen-bond acceptors (Lipinski definition) is 4. The summed E-state index contributed by atoms with van der Waals surface area (Å²) in [7, 11) is 5.06. The maximum Gasteiger partial charge on any atom is 0.211 e. The number of hydrogen-bond donors (Lipinski definition) is 2. The number of aliphatic hydroxyl groups excluding tert-OH is 1. The molecular formula is C11H16N2O3. The summed E-state index contributed by atoms with van der Waals surface area (Å²) >= 11 is 0. The van der Waals surface area contributed by atoms with Crippen LogP contribution in [-0.2, 0) is 4.79 Å². The number of benzene rings is 1. The molecule has 1 amide bonds. The minimum absolute atomic E-state index is 0.519. The Bertz CT molecular complexity index is 366. The Balaban J connectivity index is 3.03. The maximum atomic E-state index is 10.3. The molecule has 1 aromatic rings. The van der Waals surface area contributed by atoms with E-state index in [1.165, 1.54) is 7.11 Å². The standard InChI is InChI=1S/C11H16N2O3/c1-13(2)11(15)8-4-5-9(12-7-14)10(6-8)16-3/h4-7,11,15H,1-3H3,(H,12,14). The van der Waals surface area contributed by atoms with Gasteiger partial charge in [-0.2, -0.15) is 0 Å². The molecule has 1 aromatic carbocycles. The molecule has 88 valence electrons. The number of ether oxygens (including phenoxy) is 1. The molecule has 0 heterocycles. The molecule has 0 bridgehead atoms. The number of anilines is 1. The summed E-state index contributed by atoms with van der Waals surface area (Å²) in [6.07, 6.45) is -0.112. The van der Waals surface area contributed by atoms with E-state index >= 15 is 0 Å². The number of carbonyl (C=O) groups excluding carboxylic acids is 1. The summed E-state index contributed by atoms with van der Waals surface area (Å²) in [6.45, 7) is 0. The highest BCUT2D eigenvalue weighted by Crippen LogP contribution is 2.28. The first-order valence-electron chi connectivity index (χ1n) is 4.82. The Hall–Kier alpha value is -1.59. The highest BCUT2D eigenvalue weighted by atomic mass is 16.5. The van der Waals surface area contributed by atoms with Crippen LogP contribution < -0.4 is 10.1 Å². The van der Waals surface area contributed by atoms with Crippen LogP contribution in [0.25, 0.3) is 0 Å². The lowest BCUT2D eigenvalue weighted by Crippen LogP contribution is -2.19. The topological polar surface area (TPSA) is 61.8 Å². The molecule has 0 fully saturated rings. The summed E-state index contributed by atoms with van der Waals surface area (Å²) in [5, 5.41) is 12.3. The van der Waals surface area contributed by atoms with Crippen LogP contribution in [0.5, 0.6) is 5.75 Å². The quantitative estimate of drug-likeness (QED) is 0.574. The molecule has 1 atom stereocenters. The molecule has 0 radical (unpaired) electrons. The van der Waals surface area contributed by atoms with Crippen LogP contribution in [-0.4, -0.2) is 37.6 Å². The summed E-state index contributed by atoms with van der Waals surface area (Å²) in [5.74, 6) is 0.519. The van der Waals surface area contributed by atoms with Crippen LogP contribution in [0.2, 0.25) is 0 Å². The zero-order valence-electron chi connectivity index (χ0n) is 9.60. The molecule has 5 nitrogen and oxygen atoms in total. The number of rotatable bonds is 5. The Morgan fingerprint density at radius 3 is 2.69 bits per heavy atom. The SMILES string of the molecule is COc1cc(C(O)N(C)C)ccc1NC=O. The van der Waals surface area contributed by atoms with Crippen molar-refractivity contribution in [2.24, 2.45) is 0 Å². The second-order valence-electron chi connectivity index (χ2n) is 3.56. The van der Waals surface area contributed by atoms with Crippen molar-refractivity contribution < 1.29 is 14.6 Å². The zero-order valence-corrected chi connectivity index (χ0v) is 9.60. The highest BCUT2D eigenvalue weighted by Gasteiger charge is 2.12. The van der Waals surface area contributed by atoms with Crippen LogP contribution in [0, 0.1) is 0 Å². The summed E-state index contributed by atoms with van der Waals surface area (Å²) in [5.41, 5.74) is 1.28. The Kier molecular flexibility index (Phi) is 4.28. The number of aliphatic hydroxyl groups is 1. The molecule has 0 aliphatic rings. The number of methoxy groups -OCH3 is 1. The van der Waals surface area contributed by atoms with Gasteiger partial charge in [0.25, 0.3) is 0 Å². The Morgan fingerprint density at radius 2 is 2.19 bits per heavy atom. The molecule has 0 saturated heterocycles. The first-order valence-corrected chi connectivity index (χ1v) is 4.82. The minimum atomic E-state index is -0.695. The maximum absolute atomic E-state index is 10.3. The van der Waals surface area contributed by atoms with Crippen molar-refractivity contribution in [2.45, 2.75) is 6.23 Å². The predicted octanol–water partition coefficient (Wildman–Crippen LogP) is 0.816. The smallest absolute Gasteiger partial charge is 0.211 e. The second kappa shape index (κ2) is 5.48. The van der Waals surface area contributed by atoms with Crippen molar-refractivity contribution in [1.29, 1.82) is 0 Å². The summed E-state index contributed by atoms with van der Waals surface area (Å²) in [6, 6.07) is 5.12. The molecule has 5 heteroatoms. The predicted molar refractivity (Wildman–Crippen MR) is 61.3 cm³/mol. The van der Waals surface area contributed by atoms with Gasteiger partial charge in [-0.05, 0) is 31.8 Å². The number of nitrogens with zero attached hydrogens (tertiary/aromatic N) is 1. The van der Waals surface area contributed by atoms with E-state index in [9.17, 15) is 9.90 Å². The summed E-state index contributed by atoms with van der Waals surface area (Å²) in [4.78, 5) is 12.0. The number of carbonyl (C=O) groups is 1. The summed E-state index contributed by atoms with van der Waals surface area (Å²) < 4.78 is 5.12. The van der Waals surface area contributed by atoms with Gasteiger partial charge in [0.05, 0.1) is 12.8 Å². The van der Waals surface area contributed by atoms with Crippen LogP contribution in [0.15, 0.2) is 18.2 Å². The van der Waals surface area contributed by atoms with Crippen molar-refractivity contribution in [2.75, 3.05) is 26.5 Å². The Labute approximate surface area is 94.6 Å². The molecule has 0 aliphatic heterocycles.